The minimum absolute atomic E-state index is 0.0103. The van der Waals surface area contributed by atoms with Crippen LogP contribution in [0.5, 0.6) is 5.88 Å². The highest BCUT2D eigenvalue weighted by atomic mass is 19.1. The van der Waals surface area contributed by atoms with Crippen molar-refractivity contribution in [2.75, 3.05) is 11.9 Å². The number of fused-ring (bicyclic) bond motifs is 2. The topological polar surface area (TPSA) is 136 Å². The number of aliphatic hydroxyl groups is 1. The summed E-state index contributed by atoms with van der Waals surface area (Å²) >= 11 is 0. The lowest BCUT2D eigenvalue weighted by molar-refractivity contribution is -0.117. The zero-order valence-corrected chi connectivity index (χ0v) is 21.5. The maximum atomic E-state index is 14.8. The Bertz CT molecular complexity index is 1630. The fraction of sp³-hybridized carbons (Fsp3) is 0.250. The van der Waals surface area contributed by atoms with E-state index in [1.807, 2.05) is 25.1 Å². The number of aliphatic imine (C=N–C) groups is 1. The summed E-state index contributed by atoms with van der Waals surface area (Å²) in [5, 5.41) is 23.4. The number of hydrogen-bond donors (Lipinski definition) is 3. The summed E-state index contributed by atoms with van der Waals surface area (Å²) in [6.45, 7) is 2.61. The molecular formula is C28H26FN7O4. The number of aryl methyl sites for hydroxylation is 1. The summed E-state index contributed by atoms with van der Waals surface area (Å²) in [6.07, 6.45) is 2.40. The molecule has 2 amide bonds. The summed E-state index contributed by atoms with van der Waals surface area (Å²) in [5.41, 5.74) is 2.39. The number of halogens is 1. The van der Waals surface area contributed by atoms with Crippen LogP contribution in [0.25, 0.3) is 11.3 Å². The van der Waals surface area contributed by atoms with Crippen molar-refractivity contribution in [3.8, 4) is 17.1 Å². The number of aromatic nitrogens is 4. The molecule has 0 spiro atoms. The number of nitrogens with zero attached hydrogens (tertiary/aromatic N) is 5. The first-order chi connectivity index (χ1) is 19.4. The van der Waals surface area contributed by atoms with Gasteiger partial charge < -0.3 is 20.5 Å². The van der Waals surface area contributed by atoms with Gasteiger partial charge in [0.25, 0.3) is 11.8 Å². The van der Waals surface area contributed by atoms with Gasteiger partial charge in [-0.05, 0) is 13.0 Å². The SMILES string of the molecule is C[C@@H]1CCn2nc(-c3cnn(CCO)c3)c(C(=O)N[C@H]3N=C(c4ccccc4)c4cccc(F)c4NC3=O)c2O1. The maximum absolute atomic E-state index is 14.8. The maximum Gasteiger partial charge on any atom is 0.269 e. The van der Waals surface area contributed by atoms with Gasteiger partial charge >= 0.3 is 0 Å². The number of aliphatic hydroxyl groups excluding tert-OH is 1. The molecule has 40 heavy (non-hydrogen) atoms. The van der Waals surface area contributed by atoms with E-state index in [1.165, 1.54) is 6.07 Å². The van der Waals surface area contributed by atoms with Crippen LogP contribution in [0, 0.1) is 5.82 Å². The van der Waals surface area contributed by atoms with Gasteiger partial charge in [0.1, 0.15) is 17.1 Å². The van der Waals surface area contributed by atoms with Crippen LogP contribution in [0.4, 0.5) is 10.1 Å². The fourth-order valence-corrected chi connectivity index (χ4v) is 4.81. The molecule has 2 aromatic carbocycles. The predicted molar refractivity (Wildman–Crippen MR) is 144 cm³/mol. The molecule has 6 rings (SSSR count). The highest BCUT2D eigenvalue weighted by molar-refractivity contribution is 6.20. The third-order valence-electron chi connectivity index (χ3n) is 6.77. The van der Waals surface area contributed by atoms with Crippen LogP contribution < -0.4 is 15.4 Å². The number of nitrogens with one attached hydrogen (secondary N) is 2. The average molecular weight is 544 g/mol. The molecular weight excluding hydrogens is 517 g/mol. The van der Waals surface area contributed by atoms with E-state index in [0.717, 1.165) is 0 Å². The van der Waals surface area contributed by atoms with Crippen LogP contribution in [0.2, 0.25) is 0 Å². The van der Waals surface area contributed by atoms with Crippen molar-refractivity contribution in [1.82, 2.24) is 24.9 Å². The summed E-state index contributed by atoms with van der Waals surface area (Å²) in [7, 11) is 0. The van der Waals surface area contributed by atoms with Crippen molar-refractivity contribution in [3.05, 3.63) is 83.4 Å². The Morgan fingerprint density at radius 1 is 1.20 bits per heavy atom. The van der Waals surface area contributed by atoms with Crippen molar-refractivity contribution in [1.29, 1.82) is 0 Å². The molecule has 11 nitrogen and oxygen atoms in total. The molecule has 4 aromatic rings. The number of ether oxygens (including phenoxy) is 1. The van der Waals surface area contributed by atoms with E-state index in [9.17, 15) is 19.1 Å². The summed E-state index contributed by atoms with van der Waals surface area (Å²) in [4.78, 5) is 31.8. The number of benzene rings is 2. The molecule has 3 N–H and O–H groups in total. The van der Waals surface area contributed by atoms with E-state index in [4.69, 9.17) is 4.74 Å². The zero-order chi connectivity index (χ0) is 27.8. The summed E-state index contributed by atoms with van der Waals surface area (Å²) < 4.78 is 24.0. The van der Waals surface area contributed by atoms with Crippen molar-refractivity contribution < 1.29 is 23.8 Å². The normalized spacial score (nSPS) is 18.1. The fourth-order valence-electron chi connectivity index (χ4n) is 4.81. The Hall–Kier alpha value is -4.84. The standard InChI is InChI=1S/C28H26FN7O4/c1-16-10-11-36-28(40-16)21(23(34-36)18-14-30-35(15-18)12-13-37)26(38)33-25-27(39)32-24-19(8-5-9-20(24)29)22(31-25)17-6-3-2-4-7-17/h2-9,14-16,25,37H,10-13H2,1H3,(H,32,39)(H,33,38)/t16-,25-/m1/s1. The van der Waals surface area contributed by atoms with E-state index in [0.29, 0.717) is 41.1 Å². The van der Waals surface area contributed by atoms with Crippen molar-refractivity contribution in [3.63, 3.8) is 0 Å². The second-order valence-corrected chi connectivity index (χ2v) is 9.56. The molecule has 204 valence electrons. The van der Waals surface area contributed by atoms with E-state index in [1.54, 1.807) is 46.0 Å². The highest BCUT2D eigenvalue weighted by Gasteiger charge is 2.34. The number of carbonyl (C=O) groups excluding carboxylic acids is 2. The van der Waals surface area contributed by atoms with Crippen LogP contribution >= 0.6 is 0 Å². The van der Waals surface area contributed by atoms with Gasteiger partial charge in [0, 0.05) is 35.9 Å². The van der Waals surface area contributed by atoms with Crippen LogP contribution in [0.3, 0.4) is 0 Å². The first-order valence-corrected chi connectivity index (χ1v) is 12.9. The first kappa shape index (κ1) is 25.4. The molecule has 0 saturated carbocycles. The molecule has 0 fully saturated rings. The average Bonchev–Trinajstić information content (AvgIpc) is 3.53. The van der Waals surface area contributed by atoms with Crippen LogP contribution in [0.15, 0.2) is 65.9 Å². The van der Waals surface area contributed by atoms with Crippen molar-refractivity contribution in [2.24, 2.45) is 4.99 Å². The Balaban J connectivity index is 1.41. The zero-order valence-electron chi connectivity index (χ0n) is 21.5. The molecule has 2 aromatic heterocycles. The van der Waals surface area contributed by atoms with Gasteiger partial charge in [-0.3, -0.25) is 14.3 Å². The third-order valence-corrected chi connectivity index (χ3v) is 6.77. The number of amides is 2. The van der Waals surface area contributed by atoms with Gasteiger partial charge in [-0.1, -0.05) is 42.5 Å². The van der Waals surface area contributed by atoms with Crippen molar-refractivity contribution in [2.45, 2.75) is 38.7 Å². The van der Waals surface area contributed by atoms with Gasteiger partial charge in [-0.2, -0.15) is 10.2 Å². The van der Waals surface area contributed by atoms with E-state index >= 15 is 0 Å². The lowest BCUT2D eigenvalue weighted by atomic mass is 10.0. The van der Waals surface area contributed by atoms with Gasteiger partial charge in [-0.15, -0.1) is 0 Å². The van der Waals surface area contributed by atoms with E-state index < -0.39 is 23.8 Å². The van der Waals surface area contributed by atoms with Crippen LogP contribution in [-0.4, -0.2) is 61.1 Å². The second kappa shape index (κ2) is 10.4. The van der Waals surface area contributed by atoms with Crippen molar-refractivity contribution >= 4 is 23.2 Å². The van der Waals surface area contributed by atoms with Gasteiger partial charge in [0.15, 0.2) is 0 Å². The quantitative estimate of drug-likeness (QED) is 0.342. The molecule has 0 unspecified atom stereocenters. The molecule has 2 atom stereocenters. The Labute approximate surface area is 228 Å². The first-order valence-electron chi connectivity index (χ1n) is 12.9. The largest absolute Gasteiger partial charge is 0.474 e. The third kappa shape index (κ3) is 4.62. The van der Waals surface area contributed by atoms with Crippen LogP contribution in [-0.2, 0) is 17.9 Å². The molecule has 4 heterocycles. The molecule has 2 aliphatic rings. The number of anilines is 1. The van der Waals surface area contributed by atoms with Crippen LogP contribution in [0.1, 0.15) is 34.8 Å². The lowest BCUT2D eigenvalue weighted by Gasteiger charge is -2.22. The predicted octanol–water partition coefficient (Wildman–Crippen LogP) is 2.59. The number of para-hydroxylation sites is 1. The Kier molecular flexibility index (Phi) is 6.60. The number of carbonyl (C=O) groups is 2. The molecule has 0 radical (unpaired) electrons. The summed E-state index contributed by atoms with van der Waals surface area (Å²) in [5.74, 6) is -1.67. The van der Waals surface area contributed by atoms with Gasteiger partial charge in [0.2, 0.25) is 12.0 Å². The summed E-state index contributed by atoms with van der Waals surface area (Å²) in [6, 6.07) is 13.5. The molecule has 0 bridgehead atoms. The van der Waals surface area contributed by atoms with E-state index in [-0.39, 0.29) is 36.4 Å². The minimum Gasteiger partial charge on any atom is -0.474 e. The molecule has 0 aliphatic carbocycles. The smallest absolute Gasteiger partial charge is 0.269 e. The van der Waals surface area contributed by atoms with E-state index in [2.05, 4.69) is 25.8 Å². The minimum atomic E-state index is -1.38. The van der Waals surface area contributed by atoms with Gasteiger partial charge in [-0.25, -0.2) is 14.1 Å². The highest BCUT2D eigenvalue weighted by Crippen LogP contribution is 2.34. The Morgan fingerprint density at radius 2 is 2.02 bits per heavy atom. The monoisotopic (exact) mass is 543 g/mol. The molecule has 2 aliphatic heterocycles. The number of benzodiazepines with no additional fused rings is 1. The second-order valence-electron chi connectivity index (χ2n) is 9.56. The van der Waals surface area contributed by atoms with Gasteiger partial charge in [0.05, 0.1) is 36.9 Å². The number of hydrogen-bond acceptors (Lipinski definition) is 7. The molecule has 0 saturated heterocycles. The molecule has 12 heteroatoms. The lowest BCUT2D eigenvalue weighted by Crippen LogP contribution is -2.42. The Morgan fingerprint density at radius 3 is 2.83 bits per heavy atom. The number of rotatable bonds is 6.